The van der Waals surface area contributed by atoms with Crippen LogP contribution < -0.4 is 0 Å². The van der Waals surface area contributed by atoms with Crippen molar-refractivity contribution < 1.29 is 0 Å². The summed E-state index contributed by atoms with van der Waals surface area (Å²) in [6, 6.07) is 0. The molecule has 0 aromatic rings. The largest absolute Gasteiger partial charge is 0.0837 e. The average Bonchev–Trinajstić information content (AvgIpc) is 2.33. The fourth-order valence-electron chi connectivity index (χ4n) is 2.51. The van der Waals surface area contributed by atoms with Crippen molar-refractivity contribution in [2.45, 2.75) is 44.9 Å². The van der Waals surface area contributed by atoms with Crippen LogP contribution in [0.4, 0.5) is 0 Å². The molecule has 0 unspecified atom stereocenters. The number of rotatable bonds is 0. The molecule has 1 spiro atoms. The molecular weight excluding hydrogens is 144 g/mol. The molecule has 0 amide bonds. The molecular formula is C12H18. The van der Waals surface area contributed by atoms with E-state index < -0.39 is 0 Å². The minimum atomic E-state index is 0.575. The highest BCUT2D eigenvalue weighted by atomic mass is 14.3. The Kier molecular flexibility index (Phi) is 2.34. The first-order chi connectivity index (χ1) is 5.91. The van der Waals surface area contributed by atoms with Gasteiger partial charge in [-0.1, -0.05) is 50.0 Å². The Bertz CT molecular complexity index is 190. The topological polar surface area (TPSA) is 0 Å². The summed E-state index contributed by atoms with van der Waals surface area (Å²) in [4.78, 5) is 0. The molecule has 12 heavy (non-hydrogen) atoms. The summed E-state index contributed by atoms with van der Waals surface area (Å²) in [5, 5.41) is 0. The molecule has 0 heteroatoms. The van der Waals surface area contributed by atoms with Gasteiger partial charge in [0.05, 0.1) is 0 Å². The van der Waals surface area contributed by atoms with Crippen molar-refractivity contribution in [2.24, 2.45) is 5.41 Å². The maximum absolute atomic E-state index is 2.46. The Hall–Kier alpha value is -0.520. The summed E-state index contributed by atoms with van der Waals surface area (Å²) in [6.45, 7) is 0. The molecule has 0 nitrogen and oxygen atoms in total. The first-order valence-corrected chi connectivity index (χ1v) is 5.26. The van der Waals surface area contributed by atoms with Crippen LogP contribution in [0.3, 0.4) is 0 Å². The van der Waals surface area contributed by atoms with E-state index in [-0.39, 0.29) is 0 Å². The van der Waals surface area contributed by atoms with E-state index in [1.165, 1.54) is 44.9 Å². The van der Waals surface area contributed by atoms with Crippen LogP contribution in [-0.2, 0) is 0 Å². The van der Waals surface area contributed by atoms with Gasteiger partial charge in [-0.2, -0.15) is 0 Å². The molecule has 0 atom stereocenters. The highest BCUT2D eigenvalue weighted by molar-refractivity contribution is 5.16. The summed E-state index contributed by atoms with van der Waals surface area (Å²) < 4.78 is 0. The molecule has 0 radical (unpaired) electrons. The quantitative estimate of drug-likeness (QED) is 0.507. The van der Waals surface area contributed by atoms with E-state index in [4.69, 9.17) is 0 Å². The number of hydrogen-bond donors (Lipinski definition) is 0. The van der Waals surface area contributed by atoms with E-state index in [9.17, 15) is 0 Å². The molecule has 1 fully saturated rings. The van der Waals surface area contributed by atoms with Gasteiger partial charge < -0.3 is 0 Å². The van der Waals surface area contributed by atoms with Crippen molar-refractivity contribution in [1.82, 2.24) is 0 Å². The maximum atomic E-state index is 2.46. The molecule has 2 aliphatic rings. The van der Waals surface area contributed by atoms with Gasteiger partial charge in [-0.15, -0.1) is 0 Å². The molecule has 0 bridgehead atoms. The van der Waals surface area contributed by atoms with Crippen LogP contribution in [0.15, 0.2) is 24.3 Å². The van der Waals surface area contributed by atoms with Crippen molar-refractivity contribution >= 4 is 0 Å². The molecule has 0 N–H and O–H groups in total. The van der Waals surface area contributed by atoms with Crippen LogP contribution in [0.1, 0.15) is 44.9 Å². The zero-order valence-electron chi connectivity index (χ0n) is 7.76. The second-order valence-electron chi connectivity index (χ2n) is 4.27. The molecule has 1 saturated carbocycles. The highest BCUT2D eigenvalue weighted by Crippen LogP contribution is 2.41. The lowest BCUT2D eigenvalue weighted by molar-refractivity contribution is 0.330. The van der Waals surface area contributed by atoms with E-state index >= 15 is 0 Å². The first kappa shape index (κ1) is 8.10. The van der Waals surface area contributed by atoms with E-state index in [0.29, 0.717) is 5.41 Å². The van der Waals surface area contributed by atoms with Crippen molar-refractivity contribution in [3.05, 3.63) is 24.3 Å². The van der Waals surface area contributed by atoms with Crippen LogP contribution >= 0.6 is 0 Å². The second kappa shape index (κ2) is 3.47. The number of hydrogen-bond acceptors (Lipinski definition) is 0. The molecule has 0 heterocycles. The van der Waals surface area contributed by atoms with Gasteiger partial charge in [0.1, 0.15) is 0 Å². The summed E-state index contributed by atoms with van der Waals surface area (Å²) in [5.74, 6) is 0. The summed E-state index contributed by atoms with van der Waals surface area (Å²) in [7, 11) is 0. The van der Waals surface area contributed by atoms with Gasteiger partial charge in [0.2, 0.25) is 0 Å². The molecule has 66 valence electrons. The number of allylic oxidation sites excluding steroid dienone is 4. The zero-order chi connectivity index (χ0) is 8.28. The highest BCUT2D eigenvalue weighted by Gasteiger charge is 2.27. The minimum absolute atomic E-state index is 0.575. The predicted molar refractivity (Wildman–Crippen MR) is 53.0 cm³/mol. The van der Waals surface area contributed by atoms with Crippen LogP contribution in [0, 0.1) is 5.41 Å². The lowest BCUT2D eigenvalue weighted by Gasteiger charge is -2.29. The fourth-order valence-corrected chi connectivity index (χ4v) is 2.51. The Labute approximate surface area is 75.4 Å². The Morgan fingerprint density at radius 3 is 2.17 bits per heavy atom. The lowest BCUT2D eigenvalue weighted by Crippen LogP contribution is -2.17. The van der Waals surface area contributed by atoms with Gasteiger partial charge >= 0.3 is 0 Å². The van der Waals surface area contributed by atoms with Crippen molar-refractivity contribution in [3.8, 4) is 0 Å². The van der Waals surface area contributed by atoms with Gasteiger partial charge in [-0.25, -0.2) is 0 Å². The first-order valence-electron chi connectivity index (χ1n) is 5.26. The monoisotopic (exact) mass is 162 g/mol. The lowest BCUT2D eigenvalue weighted by atomic mass is 9.75. The Morgan fingerprint density at radius 1 is 0.833 bits per heavy atom. The normalized spacial score (nSPS) is 27.3. The molecule has 0 saturated heterocycles. The van der Waals surface area contributed by atoms with Gasteiger partial charge in [-0.3, -0.25) is 0 Å². The van der Waals surface area contributed by atoms with Crippen LogP contribution in [0.25, 0.3) is 0 Å². The van der Waals surface area contributed by atoms with Crippen LogP contribution in [0.5, 0.6) is 0 Å². The smallest absolute Gasteiger partial charge is 0.00805 e. The third-order valence-electron chi connectivity index (χ3n) is 3.32. The average molecular weight is 162 g/mol. The summed E-state index contributed by atoms with van der Waals surface area (Å²) in [5.41, 5.74) is 0.575. The van der Waals surface area contributed by atoms with Gasteiger partial charge in [-0.05, 0) is 24.7 Å². The third kappa shape index (κ3) is 1.63. The summed E-state index contributed by atoms with van der Waals surface area (Å²) >= 11 is 0. The summed E-state index contributed by atoms with van der Waals surface area (Å²) in [6.07, 6.45) is 19.2. The van der Waals surface area contributed by atoms with Crippen molar-refractivity contribution in [2.75, 3.05) is 0 Å². The second-order valence-corrected chi connectivity index (χ2v) is 4.27. The van der Waals surface area contributed by atoms with E-state index in [1.807, 2.05) is 0 Å². The molecule has 2 rings (SSSR count). The zero-order valence-corrected chi connectivity index (χ0v) is 7.76. The standard InChI is InChI=1S/C12H18/c1-2-5-9-12(8-4-1)10-6-3-7-11-12/h3,6-7,10H,1-2,4-5,8-9,11H2. The SMILES string of the molecule is C1=CCC2(C=C1)CCCCCC2. The van der Waals surface area contributed by atoms with Crippen molar-refractivity contribution in [3.63, 3.8) is 0 Å². The van der Waals surface area contributed by atoms with Crippen LogP contribution in [-0.4, -0.2) is 0 Å². The molecule has 2 aliphatic carbocycles. The fraction of sp³-hybridized carbons (Fsp3) is 0.667. The van der Waals surface area contributed by atoms with Crippen LogP contribution in [0.2, 0.25) is 0 Å². The Balaban J connectivity index is 2.07. The van der Waals surface area contributed by atoms with E-state index in [1.54, 1.807) is 0 Å². The predicted octanol–water partition coefficient (Wildman–Crippen LogP) is 3.84. The molecule has 0 aromatic heterocycles. The third-order valence-corrected chi connectivity index (χ3v) is 3.32. The van der Waals surface area contributed by atoms with Crippen molar-refractivity contribution in [1.29, 1.82) is 0 Å². The van der Waals surface area contributed by atoms with Gasteiger partial charge in [0.25, 0.3) is 0 Å². The maximum Gasteiger partial charge on any atom is -0.00805 e. The van der Waals surface area contributed by atoms with E-state index in [0.717, 1.165) is 0 Å². The van der Waals surface area contributed by atoms with E-state index in [2.05, 4.69) is 24.3 Å². The molecule has 0 aromatic carbocycles. The van der Waals surface area contributed by atoms with Gasteiger partial charge in [0, 0.05) is 0 Å². The molecule has 0 aliphatic heterocycles. The minimum Gasteiger partial charge on any atom is -0.0837 e. The Morgan fingerprint density at radius 2 is 1.58 bits per heavy atom. The van der Waals surface area contributed by atoms with Gasteiger partial charge in [0.15, 0.2) is 0 Å².